The number of quaternary nitrogens is 1. The van der Waals surface area contributed by atoms with E-state index in [4.69, 9.17) is 11.6 Å². The van der Waals surface area contributed by atoms with Gasteiger partial charge in [0.1, 0.15) is 6.10 Å². The van der Waals surface area contributed by atoms with E-state index in [-0.39, 0.29) is 29.5 Å². The smallest absolute Gasteiger partial charge is 0.190 e. The summed E-state index contributed by atoms with van der Waals surface area (Å²) in [5, 5.41) is 9.31. The fraction of sp³-hybridized carbons (Fsp3) is 1.00. The van der Waals surface area contributed by atoms with Crippen molar-refractivity contribution in [3.8, 4) is 0 Å². The SMILES string of the molecule is CC[C@@H](O)[C@H](Cl)[N+](C)(C)C.[I-]. The zero-order valence-electron chi connectivity index (χ0n) is 7.51. The van der Waals surface area contributed by atoms with Crippen LogP contribution >= 0.6 is 11.6 Å². The van der Waals surface area contributed by atoms with E-state index in [0.717, 1.165) is 0 Å². The van der Waals surface area contributed by atoms with E-state index in [0.29, 0.717) is 10.9 Å². The van der Waals surface area contributed by atoms with Crippen molar-refractivity contribution in [2.45, 2.75) is 24.9 Å². The Morgan fingerprint density at radius 3 is 1.82 bits per heavy atom. The maximum atomic E-state index is 9.31. The van der Waals surface area contributed by atoms with E-state index >= 15 is 0 Å². The number of hydrogen-bond donors (Lipinski definition) is 1. The zero-order valence-corrected chi connectivity index (χ0v) is 10.4. The van der Waals surface area contributed by atoms with E-state index in [1.54, 1.807) is 0 Å². The Balaban J connectivity index is 0. The van der Waals surface area contributed by atoms with Crippen molar-refractivity contribution >= 4 is 11.6 Å². The van der Waals surface area contributed by atoms with Crippen LogP contribution < -0.4 is 24.0 Å². The first-order valence-electron chi connectivity index (χ1n) is 3.52. The molecule has 0 aliphatic rings. The normalized spacial score (nSPS) is 16.9. The molecule has 0 aromatic carbocycles. The van der Waals surface area contributed by atoms with Gasteiger partial charge in [-0.25, -0.2) is 0 Å². The number of halogens is 2. The van der Waals surface area contributed by atoms with Crippen LogP contribution in [0.3, 0.4) is 0 Å². The molecule has 0 amide bonds. The molecule has 0 saturated heterocycles. The summed E-state index contributed by atoms with van der Waals surface area (Å²) in [6, 6.07) is 0. The van der Waals surface area contributed by atoms with Crippen LogP contribution in [-0.4, -0.2) is 42.3 Å². The van der Waals surface area contributed by atoms with Gasteiger partial charge in [0.15, 0.2) is 5.50 Å². The third kappa shape index (κ3) is 5.22. The summed E-state index contributed by atoms with van der Waals surface area (Å²) in [5.74, 6) is 0. The molecule has 11 heavy (non-hydrogen) atoms. The number of rotatable bonds is 3. The molecule has 0 aromatic rings. The van der Waals surface area contributed by atoms with Gasteiger partial charge in [-0.05, 0) is 6.42 Å². The Labute approximate surface area is 91.1 Å². The molecule has 0 bridgehead atoms. The molecule has 0 radical (unpaired) electrons. The topological polar surface area (TPSA) is 20.2 Å². The fourth-order valence-corrected chi connectivity index (χ4v) is 0.889. The predicted molar refractivity (Wildman–Crippen MR) is 44.0 cm³/mol. The molecule has 0 fully saturated rings. The second-order valence-corrected chi connectivity index (χ2v) is 3.91. The van der Waals surface area contributed by atoms with Gasteiger partial charge in [-0.15, -0.1) is 0 Å². The largest absolute Gasteiger partial charge is 1.00 e. The predicted octanol–water partition coefficient (Wildman–Crippen LogP) is -1.97. The van der Waals surface area contributed by atoms with Gasteiger partial charge in [-0.3, -0.25) is 0 Å². The van der Waals surface area contributed by atoms with Gasteiger partial charge < -0.3 is 33.6 Å². The molecule has 0 unspecified atom stereocenters. The van der Waals surface area contributed by atoms with Gasteiger partial charge in [-0.2, -0.15) is 0 Å². The minimum atomic E-state index is -0.401. The average molecular weight is 294 g/mol. The van der Waals surface area contributed by atoms with Gasteiger partial charge in [0, 0.05) is 0 Å². The number of aliphatic hydroxyl groups is 1. The highest BCUT2D eigenvalue weighted by Gasteiger charge is 2.27. The molecule has 4 heteroatoms. The number of nitrogens with zero attached hydrogens (tertiary/aromatic N) is 1. The minimum absolute atomic E-state index is 0. The third-order valence-electron chi connectivity index (χ3n) is 1.48. The lowest BCUT2D eigenvalue weighted by molar-refractivity contribution is -0.886. The van der Waals surface area contributed by atoms with Crippen LogP contribution in [0.5, 0.6) is 0 Å². The maximum Gasteiger partial charge on any atom is 0.190 e. The van der Waals surface area contributed by atoms with Crippen molar-refractivity contribution in [1.29, 1.82) is 0 Å². The molecule has 0 saturated carbocycles. The molecule has 2 nitrogen and oxygen atoms in total. The molecular weight excluding hydrogens is 276 g/mol. The summed E-state index contributed by atoms with van der Waals surface area (Å²) in [7, 11) is 5.91. The van der Waals surface area contributed by atoms with Crippen LogP contribution in [0.2, 0.25) is 0 Å². The van der Waals surface area contributed by atoms with Crippen LogP contribution in [0.1, 0.15) is 13.3 Å². The molecule has 70 valence electrons. The summed E-state index contributed by atoms with van der Waals surface area (Å²) >= 11 is 5.93. The number of alkyl halides is 1. The lowest BCUT2D eigenvalue weighted by atomic mass is 10.2. The van der Waals surface area contributed by atoms with Gasteiger partial charge >= 0.3 is 0 Å². The van der Waals surface area contributed by atoms with Crippen molar-refractivity contribution < 1.29 is 33.6 Å². The highest BCUT2D eigenvalue weighted by molar-refractivity contribution is 6.19. The Bertz CT molecular complexity index is 105. The Kier molecular flexibility index (Phi) is 7.31. The van der Waals surface area contributed by atoms with Crippen LogP contribution in [0.25, 0.3) is 0 Å². The summed E-state index contributed by atoms with van der Waals surface area (Å²) < 4.78 is 0.594. The van der Waals surface area contributed by atoms with E-state index < -0.39 is 6.10 Å². The minimum Gasteiger partial charge on any atom is -1.00 e. The third-order valence-corrected chi connectivity index (χ3v) is 2.35. The summed E-state index contributed by atoms with van der Waals surface area (Å²) in [6.45, 7) is 1.93. The van der Waals surface area contributed by atoms with Crippen LogP contribution in [0.4, 0.5) is 0 Å². The van der Waals surface area contributed by atoms with Crippen LogP contribution in [-0.2, 0) is 0 Å². The number of likely N-dealkylation sites (N-methyl/N-ethyl adjacent to an activating group) is 1. The van der Waals surface area contributed by atoms with E-state index in [2.05, 4.69) is 0 Å². The maximum absolute atomic E-state index is 9.31. The van der Waals surface area contributed by atoms with Crippen molar-refractivity contribution in [1.82, 2.24) is 0 Å². The summed E-state index contributed by atoms with van der Waals surface area (Å²) in [4.78, 5) is 0. The zero-order chi connectivity index (χ0) is 8.36. The summed E-state index contributed by atoms with van der Waals surface area (Å²) in [6.07, 6.45) is 0.311. The van der Waals surface area contributed by atoms with E-state index in [1.807, 2.05) is 28.1 Å². The lowest BCUT2D eigenvalue weighted by Crippen LogP contribution is -3.00. The molecule has 0 rings (SSSR count). The molecule has 1 N–H and O–H groups in total. The Morgan fingerprint density at radius 1 is 1.36 bits per heavy atom. The monoisotopic (exact) mass is 293 g/mol. The number of aliphatic hydroxyl groups excluding tert-OH is 1. The molecule has 2 atom stereocenters. The van der Waals surface area contributed by atoms with Crippen molar-refractivity contribution in [2.24, 2.45) is 0 Å². The first-order valence-corrected chi connectivity index (χ1v) is 3.96. The molecule has 0 aliphatic carbocycles. The molecule has 0 spiro atoms. The molecule has 0 heterocycles. The van der Waals surface area contributed by atoms with Crippen LogP contribution in [0, 0.1) is 0 Å². The number of hydrogen-bond acceptors (Lipinski definition) is 1. The molecule has 0 aromatic heterocycles. The summed E-state index contributed by atoms with van der Waals surface area (Å²) in [5.41, 5.74) is -0.204. The van der Waals surface area contributed by atoms with Gasteiger partial charge in [-0.1, -0.05) is 18.5 Å². The second kappa shape index (κ2) is 5.56. The fourth-order valence-electron chi connectivity index (χ4n) is 0.711. The highest BCUT2D eigenvalue weighted by Crippen LogP contribution is 2.14. The Morgan fingerprint density at radius 2 is 1.73 bits per heavy atom. The van der Waals surface area contributed by atoms with Crippen molar-refractivity contribution in [3.63, 3.8) is 0 Å². The van der Waals surface area contributed by atoms with Gasteiger partial charge in [0.2, 0.25) is 0 Å². The first-order chi connectivity index (χ1) is 4.39. The lowest BCUT2D eigenvalue weighted by Gasteiger charge is -2.32. The van der Waals surface area contributed by atoms with E-state index in [9.17, 15) is 5.11 Å². The second-order valence-electron chi connectivity index (χ2n) is 3.46. The highest BCUT2D eigenvalue weighted by atomic mass is 127. The standard InChI is InChI=1S/C7H17ClNO.HI/c1-5-6(10)7(8)9(2,3)4;/h6-7,10H,5H2,1-4H3;1H/q+1;/p-1/t6-,7-;/m1./s1. The van der Waals surface area contributed by atoms with Crippen molar-refractivity contribution in [2.75, 3.05) is 21.1 Å². The van der Waals surface area contributed by atoms with E-state index in [1.165, 1.54) is 0 Å². The van der Waals surface area contributed by atoms with Crippen LogP contribution in [0.15, 0.2) is 0 Å². The average Bonchev–Trinajstić information content (AvgIpc) is 1.83. The molecule has 0 aliphatic heterocycles. The van der Waals surface area contributed by atoms with Crippen molar-refractivity contribution in [3.05, 3.63) is 0 Å². The first kappa shape index (κ1) is 14.5. The Hall–Kier alpha value is 0.940. The quantitative estimate of drug-likeness (QED) is 0.277. The van der Waals surface area contributed by atoms with Gasteiger partial charge in [0.05, 0.1) is 21.1 Å². The van der Waals surface area contributed by atoms with Gasteiger partial charge in [0.25, 0.3) is 0 Å². The molecular formula is C7H17ClINO.